The number of ether oxygens (including phenoxy) is 3. The number of hydrogen-bond donors (Lipinski definition) is 0. The SMILES string of the molecule is CCCC(CC(CC(=O)OC)OC(=O)c1ccccc1)OC. The molecule has 22 heavy (non-hydrogen) atoms. The van der Waals surface area contributed by atoms with Crippen LogP contribution in [0, 0.1) is 0 Å². The van der Waals surface area contributed by atoms with Crippen LogP contribution < -0.4 is 0 Å². The Bertz CT molecular complexity index is 457. The quantitative estimate of drug-likeness (QED) is 0.656. The van der Waals surface area contributed by atoms with Gasteiger partial charge in [0.05, 0.1) is 25.2 Å². The number of carbonyl (C=O) groups is 2. The highest BCUT2D eigenvalue weighted by atomic mass is 16.6. The maximum absolute atomic E-state index is 12.1. The highest BCUT2D eigenvalue weighted by Gasteiger charge is 2.23. The monoisotopic (exact) mass is 308 g/mol. The molecular weight excluding hydrogens is 284 g/mol. The van der Waals surface area contributed by atoms with Crippen LogP contribution >= 0.6 is 0 Å². The molecular formula is C17H24O5. The summed E-state index contributed by atoms with van der Waals surface area (Å²) in [6, 6.07) is 8.71. The number of carbonyl (C=O) groups excluding carboxylic acids is 2. The van der Waals surface area contributed by atoms with Crippen LogP contribution in [-0.4, -0.2) is 38.4 Å². The van der Waals surface area contributed by atoms with Gasteiger partial charge >= 0.3 is 11.9 Å². The van der Waals surface area contributed by atoms with Gasteiger partial charge in [0.25, 0.3) is 0 Å². The summed E-state index contributed by atoms with van der Waals surface area (Å²) in [5.41, 5.74) is 0.460. The summed E-state index contributed by atoms with van der Waals surface area (Å²) in [6.45, 7) is 2.05. The van der Waals surface area contributed by atoms with Gasteiger partial charge in [-0.3, -0.25) is 4.79 Å². The molecule has 0 heterocycles. The number of benzene rings is 1. The molecule has 0 amide bonds. The fourth-order valence-corrected chi connectivity index (χ4v) is 2.18. The van der Waals surface area contributed by atoms with Gasteiger partial charge < -0.3 is 14.2 Å². The number of rotatable bonds is 9. The lowest BCUT2D eigenvalue weighted by Crippen LogP contribution is -2.28. The fraction of sp³-hybridized carbons (Fsp3) is 0.529. The van der Waals surface area contributed by atoms with Crippen molar-refractivity contribution >= 4 is 11.9 Å². The van der Waals surface area contributed by atoms with Crippen LogP contribution in [0.5, 0.6) is 0 Å². The Morgan fingerprint density at radius 1 is 1.09 bits per heavy atom. The first kappa shape index (κ1) is 18.2. The van der Waals surface area contributed by atoms with E-state index in [0.29, 0.717) is 12.0 Å². The smallest absolute Gasteiger partial charge is 0.338 e. The van der Waals surface area contributed by atoms with E-state index in [0.717, 1.165) is 12.8 Å². The summed E-state index contributed by atoms with van der Waals surface area (Å²) in [4.78, 5) is 23.7. The van der Waals surface area contributed by atoms with E-state index in [1.807, 2.05) is 6.07 Å². The summed E-state index contributed by atoms with van der Waals surface area (Å²) in [5.74, 6) is -0.849. The van der Waals surface area contributed by atoms with Gasteiger partial charge in [-0.1, -0.05) is 31.5 Å². The van der Waals surface area contributed by atoms with Gasteiger partial charge in [0.15, 0.2) is 0 Å². The lowest BCUT2D eigenvalue weighted by Gasteiger charge is -2.22. The lowest BCUT2D eigenvalue weighted by molar-refractivity contribution is -0.143. The minimum Gasteiger partial charge on any atom is -0.469 e. The molecule has 0 saturated carbocycles. The number of methoxy groups -OCH3 is 2. The maximum atomic E-state index is 12.1. The molecule has 0 radical (unpaired) electrons. The summed E-state index contributed by atoms with van der Waals surface area (Å²) in [6.07, 6.45) is 1.68. The molecule has 0 bridgehead atoms. The zero-order chi connectivity index (χ0) is 16.4. The molecule has 5 nitrogen and oxygen atoms in total. The molecule has 5 heteroatoms. The molecule has 0 aliphatic heterocycles. The van der Waals surface area contributed by atoms with E-state index in [9.17, 15) is 9.59 Å². The van der Waals surface area contributed by atoms with Gasteiger partial charge in [-0.05, 0) is 18.6 Å². The van der Waals surface area contributed by atoms with E-state index in [1.54, 1.807) is 31.4 Å². The standard InChI is InChI=1S/C17H24O5/c1-4-8-14(20-2)11-15(12-16(18)21-3)22-17(19)13-9-6-5-7-10-13/h5-7,9-10,14-15H,4,8,11-12H2,1-3H3. The Kier molecular flexibility index (Phi) is 8.22. The predicted octanol–water partition coefficient (Wildman–Crippen LogP) is 2.98. The van der Waals surface area contributed by atoms with Crippen molar-refractivity contribution in [3.05, 3.63) is 35.9 Å². The summed E-state index contributed by atoms with van der Waals surface area (Å²) < 4.78 is 15.5. The molecule has 2 unspecified atom stereocenters. The Balaban J connectivity index is 2.72. The van der Waals surface area contributed by atoms with E-state index >= 15 is 0 Å². The molecule has 122 valence electrons. The van der Waals surface area contributed by atoms with Crippen LogP contribution in [0.3, 0.4) is 0 Å². The first-order chi connectivity index (χ1) is 10.6. The van der Waals surface area contributed by atoms with Gasteiger partial charge in [0, 0.05) is 13.5 Å². The molecule has 0 aliphatic carbocycles. The van der Waals surface area contributed by atoms with Crippen molar-refractivity contribution in [3.63, 3.8) is 0 Å². The number of esters is 2. The van der Waals surface area contributed by atoms with Crippen molar-refractivity contribution < 1.29 is 23.8 Å². The molecule has 0 fully saturated rings. The fourth-order valence-electron chi connectivity index (χ4n) is 2.18. The highest BCUT2D eigenvalue weighted by molar-refractivity contribution is 5.89. The third-order valence-electron chi connectivity index (χ3n) is 3.37. The Labute approximate surface area is 131 Å². The maximum Gasteiger partial charge on any atom is 0.338 e. The van der Waals surface area contributed by atoms with Crippen molar-refractivity contribution in [2.24, 2.45) is 0 Å². The van der Waals surface area contributed by atoms with Gasteiger partial charge in [-0.15, -0.1) is 0 Å². The first-order valence-electron chi connectivity index (χ1n) is 7.46. The lowest BCUT2D eigenvalue weighted by atomic mass is 10.0. The normalized spacial score (nSPS) is 13.2. The molecule has 0 aromatic heterocycles. The molecule has 0 saturated heterocycles. The Morgan fingerprint density at radius 3 is 2.32 bits per heavy atom. The summed E-state index contributed by atoms with van der Waals surface area (Å²) in [5, 5.41) is 0. The summed E-state index contributed by atoms with van der Waals surface area (Å²) in [7, 11) is 2.94. The van der Waals surface area contributed by atoms with Crippen LogP contribution in [0.4, 0.5) is 0 Å². The topological polar surface area (TPSA) is 61.8 Å². The first-order valence-corrected chi connectivity index (χ1v) is 7.46. The van der Waals surface area contributed by atoms with Crippen molar-refractivity contribution in [2.45, 2.75) is 44.8 Å². The van der Waals surface area contributed by atoms with E-state index in [1.165, 1.54) is 7.11 Å². The Morgan fingerprint density at radius 2 is 1.77 bits per heavy atom. The van der Waals surface area contributed by atoms with Crippen LogP contribution in [-0.2, 0) is 19.0 Å². The van der Waals surface area contributed by atoms with Gasteiger partial charge in [-0.2, -0.15) is 0 Å². The molecule has 1 rings (SSSR count). The minimum absolute atomic E-state index is 0.0264. The molecule has 1 aromatic carbocycles. The van der Waals surface area contributed by atoms with Crippen LogP contribution in [0.25, 0.3) is 0 Å². The van der Waals surface area contributed by atoms with E-state index in [-0.39, 0.29) is 12.5 Å². The Hall–Kier alpha value is -1.88. The van der Waals surface area contributed by atoms with Crippen molar-refractivity contribution in [3.8, 4) is 0 Å². The van der Waals surface area contributed by atoms with E-state index < -0.39 is 18.0 Å². The highest BCUT2D eigenvalue weighted by Crippen LogP contribution is 2.16. The molecule has 2 atom stereocenters. The largest absolute Gasteiger partial charge is 0.469 e. The zero-order valence-corrected chi connectivity index (χ0v) is 13.4. The van der Waals surface area contributed by atoms with Crippen LogP contribution in [0.2, 0.25) is 0 Å². The average molecular weight is 308 g/mol. The van der Waals surface area contributed by atoms with Crippen molar-refractivity contribution in [2.75, 3.05) is 14.2 Å². The second-order valence-corrected chi connectivity index (χ2v) is 5.06. The second kappa shape index (κ2) is 9.95. The average Bonchev–Trinajstić information content (AvgIpc) is 2.54. The van der Waals surface area contributed by atoms with Gasteiger partial charge in [-0.25, -0.2) is 4.79 Å². The molecule has 0 N–H and O–H groups in total. The minimum atomic E-state index is -0.559. The second-order valence-electron chi connectivity index (χ2n) is 5.06. The van der Waals surface area contributed by atoms with Crippen LogP contribution in [0.15, 0.2) is 30.3 Å². The van der Waals surface area contributed by atoms with Gasteiger partial charge in [0.1, 0.15) is 6.10 Å². The molecule has 0 spiro atoms. The predicted molar refractivity (Wildman–Crippen MR) is 82.6 cm³/mol. The molecule has 0 aliphatic rings. The van der Waals surface area contributed by atoms with E-state index in [2.05, 4.69) is 11.7 Å². The summed E-state index contributed by atoms with van der Waals surface area (Å²) >= 11 is 0. The number of hydrogen-bond acceptors (Lipinski definition) is 5. The third-order valence-corrected chi connectivity index (χ3v) is 3.37. The van der Waals surface area contributed by atoms with Gasteiger partial charge in [0.2, 0.25) is 0 Å². The van der Waals surface area contributed by atoms with Crippen LogP contribution in [0.1, 0.15) is 43.0 Å². The van der Waals surface area contributed by atoms with Crippen molar-refractivity contribution in [1.29, 1.82) is 0 Å². The zero-order valence-electron chi connectivity index (χ0n) is 13.4. The molecule has 1 aromatic rings. The van der Waals surface area contributed by atoms with E-state index in [4.69, 9.17) is 9.47 Å². The van der Waals surface area contributed by atoms with Crippen molar-refractivity contribution in [1.82, 2.24) is 0 Å². The third kappa shape index (κ3) is 6.26.